The summed E-state index contributed by atoms with van der Waals surface area (Å²) < 4.78 is 1.10. The van der Waals surface area contributed by atoms with Crippen LogP contribution in [-0.2, 0) is 6.42 Å². The van der Waals surface area contributed by atoms with Crippen molar-refractivity contribution in [1.29, 1.82) is 0 Å². The van der Waals surface area contributed by atoms with Gasteiger partial charge in [-0.1, -0.05) is 28.1 Å². The van der Waals surface area contributed by atoms with Crippen molar-refractivity contribution in [2.75, 3.05) is 6.54 Å². The Bertz CT molecular complexity index is 550. The fourth-order valence-electron chi connectivity index (χ4n) is 2.28. The minimum Gasteiger partial charge on any atom is -0.330 e. The van der Waals surface area contributed by atoms with Crippen LogP contribution >= 0.6 is 27.3 Å². The Kier molecular flexibility index (Phi) is 3.03. The predicted octanol–water partition coefficient (Wildman–Crippen LogP) is 3.56. The lowest BCUT2D eigenvalue weighted by Crippen LogP contribution is -2.09. The van der Waals surface area contributed by atoms with E-state index in [1.165, 1.54) is 22.6 Å². The van der Waals surface area contributed by atoms with Crippen LogP contribution < -0.4 is 5.73 Å². The van der Waals surface area contributed by atoms with Gasteiger partial charge in [0.2, 0.25) is 0 Å². The summed E-state index contributed by atoms with van der Waals surface area (Å²) >= 11 is 5.31. The van der Waals surface area contributed by atoms with E-state index in [0.717, 1.165) is 15.9 Å². The zero-order chi connectivity index (χ0) is 11.8. The molecule has 1 aliphatic rings. The second-order valence-electron chi connectivity index (χ2n) is 4.31. The molecule has 0 aliphatic heterocycles. The average Bonchev–Trinajstić information content (AvgIpc) is 2.87. The van der Waals surface area contributed by atoms with E-state index in [1.807, 2.05) is 23.5 Å². The third kappa shape index (κ3) is 2.05. The second kappa shape index (κ2) is 4.52. The first kappa shape index (κ1) is 11.4. The summed E-state index contributed by atoms with van der Waals surface area (Å²) in [6.07, 6.45) is 2.31. The maximum atomic E-state index is 5.78. The number of hydrogen-bond donors (Lipinski definition) is 1. The van der Waals surface area contributed by atoms with E-state index in [2.05, 4.69) is 28.1 Å². The van der Waals surface area contributed by atoms with Crippen LogP contribution in [0.25, 0.3) is 10.6 Å². The fourth-order valence-corrected chi connectivity index (χ4v) is 3.84. The molecule has 1 heterocycles. The molecule has 4 heteroatoms. The smallest absolute Gasteiger partial charge is 0.123 e. The molecular formula is C13H13BrN2S. The molecule has 2 aromatic rings. The Labute approximate surface area is 113 Å². The molecule has 1 unspecified atom stereocenters. The maximum Gasteiger partial charge on any atom is 0.123 e. The standard InChI is InChI=1S/C13H13BrN2S/c14-10-3-1-2-8(6-10)13-16-12-9(7-15)4-5-11(12)17-13/h1-3,6,9H,4-5,7,15H2. The molecule has 0 radical (unpaired) electrons. The van der Waals surface area contributed by atoms with Crippen molar-refractivity contribution < 1.29 is 0 Å². The number of aryl methyl sites for hydroxylation is 1. The number of rotatable bonds is 2. The maximum absolute atomic E-state index is 5.78. The van der Waals surface area contributed by atoms with Crippen LogP contribution in [0.3, 0.4) is 0 Å². The minimum atomic E-state index is 0.474. The molecular weight excluding hydrogens is 296 g/mol. The van der Waals surface area contributed by atoms with Gasteiger partial charge in [-0.25, -0.2) is 4.98 Å². The Balaban J connectivity index is 2.01. The summed E-state index contributed by atoms with van der Waals surface area (Å²) in [5, 5.41) is 1.12. The van der Waals surface area contributed by atoms with Crippen LogP contribution in [0.15, 0.2) is 28.7 Å². The average molecular weight is 309 g/mol. The van der Waals surface area contributed by atoms with Crippen LogP contribution in [0.2, 0.25) is 0 Å². The van der Waals surface area contributed by atoms with Gasteiger partial charge in [-0.3, -0.25) is 0 Å². The SMILES string of the molecule is NCC1CCc2sc(-c3cccc(Br)c3)nc21. The van der Waals surface area contributed by atoms with Crippen LogP contribution in [0, 0.1) is 0 Å². The van der Waals surface area contributed by atoms with Gasteiger partial charge in [0.25, 0.3) is 0 Å². The number of benzene rings is 1. The van der Waals surface area contributed by atoms with E-state index in [1.54, 1.807) is 0 Å². The first-order chi connectivity index (χ1) is 8.28. The van der Waals surface area contributed by atoms with Crippen LogP contribution in [-0.4, -0.2) is 11.5 Å². The van der Waals surface area contributed by atoms with Crippen molar-refractivity contribution in [3.8, 4) is 10.6 Å². The Morgan fingerprint density at radius 2 is 2.35 bits per heavy atom. The highest BCUT2D eigenvalue weighted by Crippen LogP contribution is 2.39. The van der Waals surface area contributed by atoms with Gasteiger partial charge in [0.15, 0.2) is 0 Å². The highest BCUT2D eigenvalue weighted by atomic mass is 79.9. The molecule has 0 fully saturated rings. The van der Waals surface area contributed by atoms with Gasteiger partial charge >= 0.3 is 0 Å². The molecule has 1 aromatic heterocycles. The summed E-state index contributed by atoms with van der Waals surface area (Å²) in [5.74, 6) is 0.474. The highest BCUT2D eigenvalue weighted by Gasteiger charge is 2.26. The van der Waals surface area contributed by atoms with Gasteiger partial charge in [-0.15, -0.1) is 11.3 Å². The number of halogens is 1. The van der Waals surface area contributed by atoms with E-state index in [-0.39, 0.29) is 0 Å². The summed E-state index contributed by atoms with van der Waals surface area (Å²) in [5.41, 5.74) is 8.21. The topological polar surface area (TPSA) is 38.9 Å². The van der Waals surface area contributed by atoms with Gasteiger partial charge < -0.3 is 5.73 Å². The number of thiazole rings is 1. The van der Waals surface area contributed by atoms with Crippen molar-refractivity contribution in [3.63, 3.8) is 0 Å². The first-order valence-electron chi connectivity index (χ1n) is 5.73. The van der Waals surface area contributed by atoms with Gasteiger partial charge in [-0.05, 0) is 25.0 Å². The molecule has 0 saturated heterocycles. The number of aromatic nitrogens is 1. The van der Waals surface area contributed by atoms with Crippen molar-refractivity contribution in [1.82, 2.24) is 4.98 Å². The highest BCUT2D eigenvalue weighted by molar-refractivity contribution is 9.10. The molecule has 2 N–H and O–H groups in total. The van der Waals surface area contributed by atoms with Crippen molar-refractivity contribution in [3.05, 3.63) is 39.3 Å². The lowest BCUT2D eigenvalue weighted by molar-refractivity contribution is 0.675. The zero-order valence-electron chi connectivity index (χ0n) is 9.32. The minimum absolute atomic E-state index is 0.474. The molecule has 0 saturated carbocycles. The Morgan fingerprint density at radius 1 is 1.47 bits per heavy atom. The summed E-state index contributed by atoms with van der Waals surface area (Å²) in [6.45, 7) is 0.717. The van der Waals surface area contributed by atoms with Gasteiger partial charge in [0.05, 0.1) is 5.69 Å². The monoisotopic (exact) mass is 308 g/mol. The van der Waals surface area contributed by atoms with Crippen LogP contribution in [0.1, 0.15) is 22.9 Å². The van der Waals surface area contributed by atoms with Gasteiger partial charge in [0, 0.05) is 27.4 Å². The third-order valence-corrected chi connectivity index (χ3v) is 4.86. The first-order valence-corrected chi connectivity index (χ1v) is 7.34. The van der Waals surface area contributed by atoms with E-state index >= 15 is 0 Å². The molecule has 2 nitrogen and oxygen atoms in total. The number of fused-ring (bicyclic) bond motifs is 1. The lowest BCUT2D eigenvalue weighted by Gasteiger charge is -2.03. The molecule has 0 bridgehead atoms. The van der Waals surface area contributed by atoms with E-state index in [4.69, 9.17) is 10.7 Å². The van der Waals surface area contributed by atoms with E-state index in [0.29, 0.717) is 12.5 Å². The summed E-state index contributed by atoms with van der Waals surface area (Å²) in [6, 6.07) is 8.31. The van der Waals surface area contributed by atoms with Crippen molar-refractivity contribution in [2.45, 2.75) is 18.8 Å². The fraction of sp³-hybridized carbons (Fsp3) is 0.308. The second-order valence-corrected chi connectivity index (χ2v) is 6.31. The summed E-state index contributed by atoms with van der Waals surface area (Å²) in [4.78, 5) is 6.20. The molecule has 88 valence electrons. The lowest BCUT2D eigenvalue weighted by atomic mass is 10.1. The molecule has 0 spiro atoms. The molecule has 1 aliphatic carbocycles. The van der Waals surface area contributed by atoms with Crippen molar-refractivity contribution >= 4 is 27.3 Å². The number of nitrogens with two attached hydrogens (primary N) is 1. The predicted molar refractivity (Wildman–Crippen MR) is 75.4 cm³/mol. The Morgan fingerprint density at radius 3 is 3.12 bits per heavy atom. The molecule has 0 amide bonds. The van der Waals surface area contributed by atoms with Crippen LogP contribution in [0.5, 0.6) is 0 Å². The van der Waals surface area contributed by atoms with Crippen molar-refractivity contribution in [2.24, 2.45) is 5.73 Å². The normalized spacial score (nSPS) is 18.4. The molecule has 1 atom stereocenters. The Hall–Kier alpha value is -0.710. The quantitative estimate of drug-likeness (QED) is 0.921. The third-order valence-electron chi connectivity index (χ3n) is 3.19. The molecule has 1 aromatic carbocycles. The molecule has 3 rings (SSSR count). The molecule has 17 heavy (non-hydrogen) atoms. The zero-order valence-corrected chi connectivity index (χ0v) is 11.7. The van der Waals surface area contributed by atoms with E-state index < -0.39 is 0 Å². The number of nitrogens with zero attached hydrogens (tertiary/aromatic N) is 1. The van der Waals surface area contributed by atoms with Crippen LogP contribution in [0.4, 0.5) is 0 Å². The van der Waals surface area contributed by atoms with Gasteiger partial charge in [-0.2, -0.15) is 0 Å². The summed E-state index contributed by atoms with van der Waals surface area (Å²) in [7, 11) is 0. The largest absolute Gasteiger partial charge is 0.330 e. The van der Waals surface area contributed by atoms with E-state index in [9.17, 15) is 0 Å². The number of hydrogen-bond acceptors (Lipinski definition) is 3. The van der Waals surface area contributed by atoms with Gasteiger partial charge in [0.1, 0.15) is 5.01 Å².